The number of aryl methyl sites for hydroxylation is 1. The van der Waals surface area contributed by atoms with Crippen LogP contribution in [0.1, 0.15) is 30.9 Å². The van der Waals surface area contributed by atoms with Gasteiger partial charge in [-0.15, -0.1) is 24.8 Å². The number of likely N-dealkylation sites (tertiary alicyclic amines) is 1. The Bertz CT molecular complexity index is 551. The first-order chi connectivity index (χ1) is 11.7. The number of nitrogens with one attached hydrogen (secondary N) is 1. The first kappa shape index (κ1) is 23.2. The summed E-state index contributed by atoms with van der Waals surface area (Å²) in [6, 6.07) is -0.0600. The van der Waals surface area contributed by atoms with E-state index < -0.39 is 0 Å². The maximum atomic E-state index is 12.6. The van der Waals surface area contributed by atoms with Crippen LogP contribution in [0.2, 0.25) is 0 Å². The van der Waals surface area contributed by atoms with Crippen LogP contribution in [-0.4, -0.2) is 78.0 Å². The Morgan fingerprint density at radius 2 is 2.00 bits per heavy atom. The van der Waals surface area contributed by atoms with E-state index in [0.29, 0.717) is 19.7 Å². The van der Waals surface area contributed by atoms with Crippen LogP contribution in [0.25, 0.3) is 0 Å². The van der Waals surface area contributed by atoms with E-state index in [4.69, 9.17) is 4.74 Å². The summed E-state index contributed by atoms with van der Waals surface area (Å²) in [5, 5.41) is 7.28. The van der Waals surface area contributed by atoms with E-state index in [1.165, 1.54) is 19.3 Å². The standard InChI is InChI=1S/C17H29N5O2.2ClH/c1-18-11-16(23)22-8-9-24-15(13-21-6-4-3-5-7-21)17(22)14-10-19-20(2)12-14;;/h10,12,15,17-18H,3-9,11,13H2,1-2H3;2*1H/t15-,17-;;/m0../s1. The Morgan fingerprint density at radius 1 is 1.27 bits per heavy atom. The van der Waals surface area contributed by atoms with Crippen LogP contribution in [0.4, 0.5) is 0 Å². The molecule has 26 heavy (non-hydrogen) atoms. The van der Waals surface area contributed by atoms with Crippen molar-refractivity contribution in [2.24, 2.45) is 7.05 Å². The van der Waals surface area contributed by atoms with Gasteiger partial charge < -0.3 is 19.9 Å². The van der Waals surface area contributed by atoms with Gasteiger partial charge in [0.25, 0.3) is 0 Å². The van der Waals surface area contributed by atoms with Crippen LogP contribution in [0, 0.1) is 0 Å². The van der Waals surface area contributed by atoms with Gasteiger partial charge in [0.1, 0.15) is 0 Å². The first-order valence-electron chi connectivity index (χ1n) is 8.95. The molecule has 150 valence electrons. The van der Waals surface area contributed by atoms with Gasteiger partial charge in [-0.2, -0.15) is 5.10 Å². The van der Waals surface area contributed by atoms with E-state index in [2.05, 4.69) is 15.3 Å². The second-order valence-corrected chi connectivity index (χ2v) is 6.78. The molecule has 0 spiro atoms. The van der Waals surface area contributed by atoms with E-state index in [1.54, 1.807) is 4.68 Å². The molecule has 7 nitrogen and oxygen atoms in total. The van der Waals surface area contributed by atoms with Crippen molar-refractivity contribution in [1.82, 2.24) is 24.9 Å². The van der Waals surface area contributed by atoms with Crippen molar-refractivity contribution in [2.45, 2.75) is 31.4 Å². The lowest BCUT2D eigenvalue weighted by Crippen LogP contribution is -2.53. The molecule has 2 saturated heterocycles. The van der Waals surface area contributed by atoms with Gasteiger partial charge in [0.05, 0.1) is 31.5 Å². The highest BCUT2D eigenvalue weighted by atomic mass is 35.5. The zero-order valence-electron chi connectivity index (χ0n) is 15.6. The minimum Gasteiger partial charge on any atom is -0.373 e. The minimum absolute atomic E-state index is 0. The molecule has 2 aliphatic rings. The fourth-order valence-electron chi connectivity index (χ4n) is 3.80. The number of likely N-dealkylation sites (N-methyl/N-ethyl adjacent to an activating group) is 1. The average molecular weight is 408 g/mol. The number of rotatable bonds is 5. The van der Waals surface area contributed by atoms with Crippen LogP contribution in [0.3, 0.4) is 0 Å². The van der Waals surface area contributed by atoms with Crippen molar-refractivity contribution in [3.8, 4) is 0 Å². The third-order valence-corrected chi connectivity index (χ3v) is 4.95. The van der Waals surface area contributed by atoms with Crippen molar-refractivity contribution in [3.05, 3.63) is 18.0 Å². The lowest BCUT2D eigenvalue weighted by atomic mass is 9.99. The van der Waals surface area contributed by atoms with Gasteiger partial charge in [-0.05, 0) is 33.0 Å². The first-order valence-corrected chi connectivity index (χ1v) is 8.95. The molecule has 0 aromatic carbocycles. The average Bonchev–Trinajstić information content (AvgIpc) is 3.02. The lowest BCUT2D eigenvalue weighted by molar-refractivity contribution is -0.147. The maximum Gasteiger partial charge on any atom is 0.237 e. The number of amides is 1. The van der Waals surface area contributed by atoms with Crippen LogP contribution in [-0.2, 0) is 16.6 Å². The third kappa shape index (κ3) is 5.57. The topological polar surface area (TPSA) is 62.6 Å². The summed E-state index contributed by atoms with van der Waals surface area (Å²) in [4.78, 5) is 17.0. The van der Waals surface area contributed by atoms with E-state index in [9.17, 15) is 4.79 Å². The Balaban J connectivity index is 0.00000169. The quantitative estimate of drug-likeness (QED) is 0.795. The zero-order valence-corrected chi connectivity index (χ0v) is 17.2. The Labute approximate surface area is 168 Å². The van der Waals surface area contributed by atoms with Crippen molar-refractivity contribution in [3.63, 3.8) is 0 Å². The van der Waals surface area contributed by atoms with Crippen LogP contribution in [0.15, 0.2) is 12.4 Å². The number of carbonyl (C=O) groups excluding carboxylic acids is 1. The normalized spacial score (nSPS) is 23.8. The number of hydrogen-bond acceptors (Lipinski definition) is 5. The summed E-state index contributed by atoms with van der Waals surface area (Å²) < 4.78 is 7.92. The molecular formula is C17H31Cl2N5O2. The Morgan fingerprint density at radius 3 is 2.62 bits per heavy atom. The lowest BCUT2D eigenvalue weighted by Gasteiger charge is -2.43. The van der Waals surface area contributed by atoms with Crippen LogP contribution in [0.5, 0.6) is 0 Å². The predicted octanol–water partition coefficient (Wildman–Crippen LogP) is 1.24. The monoisotopic (exact) mass is 407 g/mol. The highest BCUT2D eigenvalue weighted by Crippen LogP contribution is 2.30. The largest absolute Gasteiger partial charge is 0.373 e. The summed E-state index contributed by atoms with van der Waals surface area (Å²) in [7, 11) is 3.72. The van der Waals surface area contributed by atoms with E-state index in [0.717, 1.165) is 25.2 Å². The second-order valence-electron chi connectivity index (χ2n) is 6.78. The summed E-state index contributed by atoms with van der Waals surface area (Å²) in [5.74, 6) is 0.123. The minimum atomic E-state index is -0.0600. The highest BCUT2D eigenvalue weighted by molar-refractivity contribution is 5.85. The SMILES string of the molecule is CNCC(=O)N1CCO[C@@H](CN2CCCCC2)[C@@H]1c1cnn(C)c1.Cl.Cl. The number of aromatic nitrogens is 2. The van der Waals surface area contributed by atoms with Gasteiger partial charge in [-0.1, -0.05) is 6.42 Å². The summed E-state index contributed by atoms with van der Waals surface area (Å²) in [6.45, 7) is 4.73. The fraction of sp³-hybridized carbons (Fsp3) is 0.765. The van der Waals surface area contributed by atoms with Gasteiger partial charge >= 0.3 is 0 Å². The third-order valence-electron chi connectivity index (χ3n) is 4.95. The number of piperidine rings is 1. The fourth-order valence-corrected chi connectivity index (χ4v) is 3.80. The summed E-state index contributed by atoms with van der Waals surface area (Å²) in [5.41, 5.74) is 1.06. The molecule has 1 amide bonds. The van der Waals surface area contributed by atoms with E-state index in [-0.39, 0.29) is 42.9 Å². The molecule has 3 rings (SSSR count). The molecule has 2 fully saturated rings. The molecule has 2 atom stereocenters. The molecular weight excluding hydrogens is 377 g/mol. The number of hydrogen-bond donors (Lipinski definition) is 1. The van der Waals surface area contributed by atoms with Crippen molar-refractivity contribution >= 4 is 30.7 Å². The van der Waals surface area contributed by atoms with Gasteiger partial charge in [-0.3, -0.25) is 9.48 Å². The number of carbonyl (C=O) groups is 1. The van der Waals surface area contributed by atoms with Crippen LogP contribution < -0.4 is 5.32 Å². The number of ether oxygens (including phenoxy) is 1. The molecule has 0 saturated carbocycles. The smallest absolute Gasteiger partial charge is 0.237 e. The van der Waals surface area contributed by atoms with Crippen molar-refractivity contribution < 1.29 is 9.53 Å². The van der Waals surface area contributed by atoms with Crippen molar-refractivity contribution in [2.75, 3.05) is 46.4 Å². The molecule has 0 unspecified atom stereocenters. The Kier molecular flexibility index (Phi) is 9.89. The Hall–Kier alpha value is -0.860. The summed E-state index contributed by atoms with van der Waals surface area (Å²) in [6.07, 6.45) is 7.70. The molecule has 1 aromatic heterocycles. The summed E-state index contributed by atoms with van der Waals surface area (Å²) >= 11 is 0. The van der Waals surface area contributed by atoms with Gasteiger partial charge in [0.15, 0.2) is 0 Å². The molecule has 0 aliphatic carbocycles. The molecule has 1 aromatic rings. The molecule has 2 aliphatic heterocycles. The second kappa shape index (κ2) is 11.1. The molecule has 9 heteroatoms. The molecule has 0 bridgehead atoms. The molecule has 0 radical (unpaired) electrons. The number of morpholine rings is 1. The van der Waals surface area contributed by atoms with E-state index >= 15 is 0 Å². The van der Waals surface area contributed by atoms with Gasteiger partial charge in [-0.25, -0.2) is 0 Å². The van der Waals surface area contributed by atoms with Crippen molar-refractivity contribution in [1.29, 1.82) is 0 Å². The predicted molar refractivity (Wildman–Crippen MR) is 106 cm³/mol. The van der Waals surface area contributed by atoms with Gasteiger partial charge in [0, 0.05) is 31.9 Å². The highest BCUT2D eigenvalue weighted by Gasteiger charge is 2.37. The number of halogens is 2. The van der Waals surface area contributed by atoms with Gasteiger partial charge in [0.2, 0.25) is 5.91 Å². The molecule has 3 heterocycles. The molecule has 1 N–H and O–H groups in total. The number of nitrogens with zero attached hydrogens (tertiary/aromatic N) is 4. The van der Waals surface area contributed by atoms with Crippen LogP contribution >= 0.6 is 24.8 Å². The maximum absolute atomic E-state index is 12.6. The van der Waals surface area contributed by atoms with E-state index in [1.807, 2.05) is 31.4 Å². The zero-order chi connectivity index (χ0) is 16.9.